The minimum absolute atomic E-state index is 0.00258. The normalized spacial score (nSPS) is 14.3. The predicted molar refractivity (Wildman–Crippen MR) is 211 cm³/mol. The monoisotopic (exact) mass is 706 g/mol. The number of morpholine rings is 1. The molecule has 0 bridgehead atoms. The molecule has 0 N–H and O–H groups in total. The van der Waals surface area contributed by atoms with Gasteiger partial charge in [-0.1, -0.05) is 155 Å². The third-order valence-electron chi connectivity index (χ3n) is 10.9. The van der Waals surface area contributed by atoms with Gasteiger partial charge in [0.2, 0.25) is 0 Å². The average molecular weight is 706 g/mol. The Kier molecular flexibility index (Phi) is 32.5. The third kappa shape index (κ3) is 30.4. The van der Waals surface area contributed by atoms with Crippen molar-refractivity contribution in [3.05, 3.63) is 0 Å². The number of ketones is 2. The standard InChI is InChI=1S/C44H83NO5/c1-4-6-18-26-41(27-19-7-5-2)32-36-50-44(48)31-23-17-13-9-12-16-22-29-42(28-21-15-11-8-10-14-20-25-40(3)46)39-43(47)30-24-33-45-34-37-49-38-35-45/h41-42H,4-39H2,1-3H3. The van der Waals surface area contributed by atoms with Crippen molar-refractivity contribution in [2.24, 2.45) is 11.8 Å². The van der Waals surface area contributed by atoms with Crippen LogP contribution in [0.3, 0.4) is 0 Å². The molecule has 1 aliphatic rings. The van der Waals surface area contributed by atoms with Crippen LogP contribution >= 0.6 is 0 Å². The number of Topliss-reactive ketones (excluding diaryl/α,β-unsaturated/α-hetero) is 2. The Morgan fingerprint density at radius 3 is 1.58 bits per heavy atom. The molecule has 1 rings (SSSR count). The summed E-state index contributed by atoms with van der Waals surface area (Å²) in [6.45, 7) is 11.5. The number of hydrogen-bond donors (Lipinski definition) is 0. The lowest BCUT2D eigenvalue weighted by Crippen LogP contribution is -2.37. The van der Waals surface area contributed by atoms with Crippen LogP contribution in [-0.2, 0) is 23.9 Å². The van der Waals surface area contributed by atoms with Crippen LogP contribution in [0.5, 0.6) is 0 Å². The number of esters is 1. The van der Waals surface area contributed by atoms with E-state index in [2.05, 4.69) is 18.7 Å². The highest BCUT2D eigenvalue weighted by molar-refractivity contribution is 5.78. The number of carbonyl (C=O) groups is 3. The van der Waals surface area contributed by atoms with Crippen LogP contribution in [0.2, 0.25) is 0 Å². The van der Waals surface area contributed by atoms with E-state index in [9.17, 15) is 14.4 Å². The Morgan fingerprint density at radius 2 is 1.04 bits per heavy atom. The molecule has 0 aromatic rings. The van der Waals surface area contributed by atoms with Gasteiger partial charge in [0.25, 0.3) is 0 Å². The van der Waals surface area contributed by atoms with E-state index in [-0.39, 0.29) is 5.97 Å². The second kappa shape index (κ2) is 34.8. The van der Waals surface area contributed by atoms with Gasteiger partial charge in [-0.3, -0.25) is 14.5 Å². The number of nitrogens with zero attached hydrogens (tertiary/aromatic N) is 1. The lowest BCUT2D eigenvalue weighted by molar-refractivity contribution is -0.144. The van der Waals surface area contributed by atoms with E-state index in [1.807, 2.05) is 0 Å². The SMILES string of the molecule is CCCCCC(CCCCC)CCOC(=O)CCCCCCCCCC(CCCCCCCCCC(C)=O)CC(=O)CCCN1CCOCC1. The number of carbonyl (C=O) groups excluding carboxylic acids is 3. The van der Waals surface area contributed by atoms with Crippen LogP contribution in [0.1, 0.15) is 213 Å². The second-order valence-corrected chi connectivity index (χ2v) is 15.8. The van der Waals surface area contributed by atoms with Crippen LogP contribution in [0, 0.1) is 11.8 Å². The second-order valence-electron chi connectivity index (χ2n) is 15.8. The first-order valence-corrected chi connectivity index (χ1v) is 21.9. The van der Waals surface area contributed by atoms with E-state index in [0.29, 0.717) is 36.4 Å². The zero-order valence-electron chi connectivity index (χ0n) is 33.6. The molecule has 1 heterocycles. The summed E-state index contributed by atoms with van der Waals surface area (Å²) in [6.07, 6.45) is 34.3. The van der Waals surface area contributed by atoms with E-state index in [4.69, 9.17) is 9.47 Å². The molecule has 1 saturated heterocycles. The topological polar surface area (TPSA) is 72.9 Å². The van der Waals surface area contributed by atoms with Crippen molar-refractivity contribution in [2.45, 2.75) is 213 Å². The maximum Gasteiger partial charge on any atom is 0.305 e. The Hall–Kier alpha value is -1.27. The van der Waals surface area contributed by atoms with E-state index >= 15 is 0 Å². The molecule has 0 aromatic carbocycles. The van der Waals surface area contributed by atoms with Gasteiger partial charge >= 0.3 is 5.97 Å². The summed E-state index contributed by atoms with van der Waals surface area (Å²) in [7, 11) is 0. The van der Waals surface area contributed by atoms with E-state index in [1.165, 1.54) is 135 Å². The largest absolute Gasteiger partial charge is 0.466 e. The van der Waals surface area contributed by atoms with Crippen molar-refractivity contribution < 1.29 is 23.9 Å². The molecular formula is C44H83NO5. The summed E-state index contributed by atoms with van der Waals surface area (Å²) in [5.41, 5.74) is 0. The first-order valence-electron chi connectivity index (χ1n) is 21.9. The molecule has 0 radical (unpaired) electrons. The molecule has 1 fully saturated rings. The Bertz CT molecular complexity index is 785. The quantitative estimate of drug-likeness (QED) is 0.0473. The van der Waals surface area contributed by atoms with E-state index in [1.54, 1.807) is 6.92 Å². The number of ether oxygens (including phenoxy) is 2. The Labute approximate surface area is 310 Å². The highest BCUT2D eigenvalue weighted by Gasteiger charge is 2.16. The van der Waals surface area contributed by atoms with Crippen molar-refractivity contribution in [1.82, 2.24) is 4.90 Å². The van der Waals surface area contributed by atoms with Crippen molar-refractivity contribution in [3.63, 3.8) is 0 Å². The van der Waals surface area contributed by atoms with Gasteiger partial charge in [0.1, 0.15) is 11.6 Å². The van der Waals surface area contributed by atoms with Crippen molar-refractivity contribution in [1.29, 1.82) is 0 Å². The Balaban J connectivity index is 2.20. The fourth-order valence-electron chi connectivity index (χ4n) is 7.58. The summed E-state index contributed by atoms with van der Waals surface area (Å²) in [6, 6.07) is 0. The predicted octanol–water partition coefficient (Wildman–Crippen LogP) is 12.0. The molecular weight excluding hydrogens is 622 g/mol. The van der Waals surface area contributed by atoms with Gasteiger partial charge in [-0.25, -0.2) is 0 Å². The fourth-order valence-corrected chi connectivity index (χ4v) is 7.58. The molecule has 294 valence electrons. The van der Waals surface area contributed by atoms with Crippen LogP contribution in [0.4, 0.5) is 0 Å². The number of hydrogen-bond acceptors (Lipinski definition) is 6. The highest BCUT2D eigenvalue weighted by atomic mass is 16.5. The zero-order chi connectivity index (χ0) is 36.3. The van der Waals surface area contributed by atoms with Crippen molar-refractivity contribution in [2.75, 3.05) is 39.5 Å². The van der Waals surface area contributed by atoms with Gasteiger partial charge in [0.05, 0.1) is 19.8 Å². The summed E-state index contributed by atoms with van der Waals surface area (Å²) in [5.74, 6) is 2.02. The molecule has 0 aromatic heterocycles. The molecule has 0 aliphatic carbocycles. The highest BCUT2D eigenvalue weighted by Crippen LogP contribution is 2.24. The summed E-state index contributed by atoms with van der Waals surface area (Å²) < 4.78 is 11.1. The Morgan fingerprint density at radius 1 is 0.560 bits per heavy atom. The van der Waals surface area contributed by atoms with Crippen LogP contribution < -0.4 is 0 Å². The van der Waals surface area contributed by atoms with Crippen LogP contribution in [-0.4, -0.2) is 61.9 Å². The van der Waals surface area contributed by atoms with Crippen LogP contribution in [0.25, 0.3) is 0 Å². The minimum atomic E-state index is -0.00258. The average Bonchev–Trinajstić information content (AvgIpc) is 3.10. The molecule has 6 nitrogen and oxygen atoms in total. The zero-order valence-corrected chi connectivity index (χ0v) is 33.6. The lowest BCUT2D eigenvalue weighted by Gasteiger charge is -2.26. The van der Waals surface area contributed by atoms with Crippen LogP contribution in [0.15, 0.2) is 0 Å². The smallest absolute Gasteiger partial charge is 0.305 e. The summed E-state index contributed by atoms with van der Waals surface area (Å²) in [4.78, 5) is 38.8. The van der Waals surface area contributed by atoms with Crippen molar-refractivity contribution in [3.8, 4) is 0 Å². The van der Waals surface area contributed by atoms with Gasteiger partial charge in [-0.05, 0) is 51.0 Å². The van der Waals surface area contributed by atoms with Crippen molar-refractivity contribution >= 4 is 17.5 Å². The van der Waals surface area contributed by atoms with Gasteiger partial charge in [0.15, 0.2) is 0 Å². The maximum absolute atomic E-state index is 12.9. The summed E-state index contributed by atoms with van der Waals surface area (Å²) >= 11 is 0. The molecule has 1 atom stereocenters. The van der Waals surface area contributed by atoms with Gasteiger partial charge in [-0.15, -0.1) is 0 Å². The molecule has 6 heteroatoms. The lowest BCUT2D eigenvalue weighted by atomic mass is 9.89. The maximum atomic E-state index is 12.9. The first kappa shape index (κ1) is 46.8. The molecule has 1 unspecified atom stereocenters. The summed E-state index contributed by atoms with van der Waals surface area (Å²) in [5, 5.41) is 0. The van der Waals surface area contributed by atoms with Gasteiger partial charge in [-0.2, -0.15) is 0 Å². The molecule has 0 saturated carbocycles. The molecule has 1 aliphatic heterocycles. The first-order chi connectivity index (χ1) is 24.4. The molecule has 0 spiro atoms. The molecule has 50 heavy (non-hydrogen) atoms. The van der Waals surface area contributed by atoms with E-state index in [0.717, 1.165) is 84.2 Å². The van der Waals surface area contributed by atoms with Gasteiger partial charge < -0.3 is 14.3 Å². The number of unbranched alkanes of at least 4 members (excludes halogenated alkanes) is 16. The van der Waals surface area contributed by atoms with E-state index < -0.39 is 0 Å². The third-order valence-corrected chi connectivity index (χ3v) is 10.9. The molecule has 0 amide bonds. The van der Waals surface area contributed by atoms with Gasteiger partial charge in [0, 0.05) is 38.8 Å². The number of rotatable bonds is 37. The minimum Gasteiger partial charge on any atom is -0.466 e. The fraction of sp³-hybridized carbons (Fsp3) is 0.932.